The maximum absolute atomic E-state index is 13.1. The van der Waals surface area contributed by atoms with E-state index in [4.69, 9.17) is 14.2 Å². The molecule has 32 heavy (non-hydrogen) atoms. The van der Waals surface area contributed by atoms with Crippen LogP contribution in [0.4, 0.5) is 5.69 Å². The Labute approximate surface area is 186 Å². The van der Waals surface area contributed by atoms with Crippen molar-refractivity contribution in [3.63, 3.8) is 0 Å². The molecule has 0 fully saturated rings. The van der Waals surface area contributed by atoms with Crippen LogP contribution in [0.15, 0.2) is 78.5 Å². The Hall–Kier alpha value is -4.26. The van der Waals surface area contributed by atoms with Crippen LogP contribution in [0.2, 0.25) is 0 Å². The second kappa shape index (κ2) is 10.7. The third-order valence-electron chi connectivity index (χ3n) is 4.60. The van der Waals surface area contributed by atoms with Crippen molar-refractivity contribution in [3.8, 4) is 17.2 Å². The molecule has 3 rings (SSSR count). The first-order chi connectivity index (χ1) is 15.5. The zero-order valence-electron chi connectivity index (χ0n) is 18.0. The van der Waals surface area contributed by atoms with Crippen molar-refractivity contribution in [3.05, 3.63) is 89.6 Å². The molecule has 0 aliphatic rings. The van der Waals surface area contributed by atoms with Crippen LogP contribution in [0.5, 0.6) is 17.2 Å². The Balaban J connectivity index is 1.96. The number of anilines is 1. The number of benzene rings is 3. The first-order valence-electron chi connectivity index (χ1n) is 9.80. The topological polar surface area (TPSA) is 85.9 Å². The van der Waals surface area contributed by atoms with E-state index in [-0.39, 0.29) is 5.70 Å². The number of carbonyl (C=O) groups is 2. The normalized spacial score (nSPS) is 10.8. The second-order valence-corrected chi connectivity index (χ2v) is 6.65. The molecule has 0 radical (unpaired) electrons. The Bertz CT molecular complexity index is 1130. The summed E-state index contributed by atoms with van der Waals surface area (Å²) >= 11 is 0. The molecule has 164 valence electrons. The van der Waals surface area contributed by atoms with E-state index >= 15 is 0 Å². The predicted molar refractivity (Wildman–Crippen MR) is 123 cm³/mol. The van der Waals surface area contributed by atoms with Gasteiger partial charge in [0.05, 0.1) is 27.0 Å². The van der Waals surface area contributed by atoms with Crippen LogP contribution >= 0.6 is 0 Å². The van der Waals surface area contributed by atoms with E-state index < -0.39 is 11.8 Å². The van der Waals surface area contributed by atoms with Gasteiger partial charge in [-0.2, -0.15) is 0 Å². The number of ether oxygens (including phenoxy) is 3. The van der Waals surface area contributed by atoms with E-state index in [0.717, 1.165) is 0 Å². The van der Waals surface area contributed by atoms with Crippen LogP contribution in [-0.2, 0) is 4.79 Å². The van der Waals surface area contributed by atoms with E-state index in [1.807, 2.05) is 6.07 Å². The third kappa shape index (κ3) is 5.46. The van der Waals surface area contributed by atoms with Crippen LogP contribution in [0.3, 0.4) is 0 Å². The first-order valence-corrected chi connectivity index (χ1v) is 9.80. The summed E-state index contributed by atoms with van der Waals surface area (Å²) in [5.74, 6) is 0.639. The van der Waals surface area contributed by atoms with Crippen molar-refractivity contribution in [1.82, 2.24) is 5.32 Å². The van der Waals surface area contributed by atoms with Crippen LogP contribution in [0.1, 0.15) is 15.9 Å². The van der Waals surface area contributed by atoms with Gasteiger partial charge in [-0.3, -0.25) is 9.59 Å². The highest BCUT2D eigenvalue weighted by atomic mass is 16.5. The van der Waals surface area contributed by atoms with Crippen LogP contribution < -0.4 is 24.8 Å². The van der Waals surface area contributed by atoms with Gasteiger partial charge in [0, 0.05) is 5.56 Å². The fourth-order valence-corrected chi connectivity index (χ4v) is 2.99. The van der Waals surface area contributed by atoms with Crippen molar-refractivity contribution >= 4 is 23.6 Å². The lowest BCUT2D eigenvalue weighted by atomic mass is 10.1. The molecule has 0 atom stereocenters. The average molecular weight is 432 g/mol. The van der Waals surface area contributed by atoms with Gasteiger partial charge in [-0.1, -0.05) is 36.4 Å². The lowest BCUT2D eigenvalue weighted by Crippen LogP contribution is -2.30. The summed E-state index contributed by atoms with van der Waals surface area (Å²) in [4.78, 5) is 25.9. The van der Waals surface area contributed by atoms with Gasteiger partial charge in [-0.25, -0.2) is 0 Å². The highest BCUT2D eigenvalue weighted by molar-refractivity contribution is 6.11. The van der Waals surface area contributed by atoms with Crippen molar-refractivity contribution in [2.24, 2.45) is 0 Å². The van der Waals surface area contributed by atoms with Crippen LogP contribution in [0, 0.1) is 0 Å². The molecule has 7 nitrogen and oxygen atoms in total. The Morgan fingerprint density at radius 1 is 0.750 bits per heavy atom. The minimum Gasteiger partial charge on any atom is -0.495 e. The summed E-state index contributed by atoms with van der Waals surface area (Å²) < 4.78 is 15.9. The number of hydrogen-bond acceptors (Lipinski definition) is 5. The molecule has 7 heteroatoms. The fraction of sp³-hybridized carbons (Fsp3) is 0.120. The quantitative estimate of drug-likeness (QED) is 0.523. The second-order valence-electron chi connectivity index (χ2n) is 6.65. The Morgan fingerprint density at radius 2 is 1.41 bits per heavy atom. The summed E-state index contributed by atoms with van der Waals surface area (Å²) in [7, 11) is 4.58. The molecule has 0 aliphatic heterocycles. The maximum atomic E-state index is 13.1. The Kier molecular flexibility index (Phi) is 7.48. The van der Waals surface area contributed by atoms with Gasteiger partial charge in [0.2, 0.25) is 0 Å². The van der Waals surface area contributed by atoms with E-state index in [2.05, 4.69) is 10.6 Å². The SMILES string of the molecule is COc1ccccc1NC(=O)/C(=C/c1ccc(OC)c(OC)c1)NC(=O)c1ccccc1. The number of methoxy groups -OCH3 is 3. The van der Waals surface area contributed by atoms with E-state index in [9.17, 15) is 9.59 Å². The number of para-hydroxylation sites is 2. The van der Waals surface area contributed by atoms with Crippen molar-refractivity contribution in [2.45, 2.75) is 0 Å². The van der Waals surface area contributed by atoms with Crippen LogP contribution in [0.25, 0.3) is 6.08 Å². The van der Waals surface area contributed by atoms with E-state index in [1.165, 1.54) is 14.2 Å². The van der Waals surface area contributed by atoms with Crippen molar-refractivity contribution in [1.29, 1.82) is 0 Å². The highest BCUT2D eigenvalue weighted by Crippen LogP contribution is 2.29. The molecular weight excluding hydrogens is 408 g/mol. The summed E-state index contributed by atoms with van der Waals surface area (Å²) in [6.07, 6.45) is 1.56. The summed E-state index contributed by atoms with van der Waals surface area (Å²) in [6.45, 7) is 0. The van der Waals surface area contributed by atoms with E-state index in [1.54, 1.807) is 79.9 Å². The van der Waals surface area contributed by atoms with Crippen molar-refractivity contribution < 1.29 is 23.8 Å². The molecule has 3 aromatic carbocycles. The zero-order valence-corrected chi connectivity index (χ0v) is 18.0. The van der Waals surface area contributed by atoms with Gasteiger partial charge in [0.15, 0.2) is 11.5 Å². The highest BCUT2D eigenvalue weighted by Gasteiger charge is 2.17. The molecule has 0 saturated heterocycles. The molecule has 0 aromatic heterocycles. The molecule has 0 aliphatic carbocycles. The number of hydrogen-bond donors (Lipinski definition) is 2. The Morgan fingerprint density at radius 3 is 2.09 bits per heavy atom. The predicted octanol–water partition coefficient (Wildman–Crippen LogP) is 4.12. The van der Waals surface area contributed by atoms with Gasteiger partial charge in [0.1, 0.15) is 11.4 Å². The maximum Gasteiger partial charge on any atom is 0.272 e. The van der Waals surface area contributed by atoms with Gasteiger partial charge < -0.3 is 24.8 Å². The van der Waals surface area contributed by atoms with Crippen molar-refractivity contribution in [2.75, 3.05) is 26.6 Å². The van der Waals surface area contributed by atoms with E-state index in [0.29, 0.717) is 34.1 Å². The number of rotatable bonds is 8. The zero-order chi connectivity index (χ0) is 22.9. The first kappa shape index (κ1) is 22.4. The van der Waals surface area contributed by atoms with Gasteiger partial charge in [0.25, 0.3) is 11.8 Å². The molecular formula is C25H24N2O5. The minimum absolute atomic E-state index is 0.0528. The molecule has 2 amide bonds. The molecule has 2 N–H and O–H groups in total. The van der Waals surface area contributed by atoms with Gasteiger partial charge in [-0.05, 0) is 48.0 Å². The number of nitrogens with one attached hydrogen (secondary N) is 2. The van der Waals surface area contributed by atoms with Crippen LogP contribution in [-0.4, -0.2) is 33.1 Å². The largest absolute Gasteiger partial charge is 0.495 e. The fourth-order valence-electron chi connectivity index (χ4n) is 2.99. The summed E-state index contributed by atoms with van der Waals surface area (Å²) in [5.41, 5.74) is 1.60. The lowest BCUT2D eigenvalue weighted by molar-refractivity contribution is -0.113. The third-order valence-corrected chi connectivity index (χ3v) is 4.60. The lowest BCUT2D eigenvalue weighted by Gasteiger charge is -2.14. The summed E-state index contributed by atoms with van der Waals surface area (Å²) in [6, 6.07) is 20.9. The molecule has 3 aromatic rings. The molecule has 0 heterocycles. The molecule has 0 unspecified atom stereocenters. The van der Waals surface area contributed by atoms with Gasteiger partial charge >= 0.3 is 0 Å². The smallest absolute Gasteiger partial charge is 0.272 e. The molecule has 0 saturated carbocycles. The average Bonchev–Trinajstić information content (AvgIpc) is 2.84. The number of carbonyl (C=O) groups excluding carboxylic acids is 2. The molecule has 0 bridgehead atoms. The summed E-state index contributed by atoms with van der Waals surface area (Å²) in [5, 5.41) is 5.49. The standard InChI is InChI=1S/C25H24N2O5/c1-30-21-12-8-7-11-19(21)26-25(29)20(27-24(28)18-9-5-4-6-10-18)15-17-13-14-22(31-2)23(16-17)32-3/h4-16H,1-3H3,(H,26,29)(H,27,28)/b20-15-. The molecule has 0 spiro atoms. The number of amides is 2. The van der Waals surface area contributed by atoms with Gasteiger partial charge in [-0.15, -0.1) is 0 Å². The monoisotopic (exact) mass is 432 g/mol. The minimum atomic E-state index is -0.506.